The maximum Gasteiger partial charge on any atom is 0.139 e. The second kappa shape index (κ2) is 11.6. The summed E-state index contributed by atoms with van der Waals surface area (Å²) in [6.07, 6.45) is 0.229. The van der Waals surface area contributed by atoms with E-state index in [1.807, 2.05) is 81.4 Å². The molecule has 186 valence electrons. The molecular weight excluding hydrogens is 468 g/mol. The van der Waals surface area contributed by atoms with Crippen molar-refractivity contribution in [3.05, 3.63) is 102 Å². The summed E-state index contributed by atoms with van der Waals surface area (Å²) >= 11 is 0. The fraction of sp³-hybridized carbons (Fsp3) is 0.258. The molecule has 3 N–H and O–H groups in total. The molecule has 0 saturated carbocycles. The molecule has 4 nitrogen and oxygen atoms in total. The molecule has 0 aromatic heterocycles. The maximum absolute atomic E-state index is 9.85. The number of hydrogen-bond donors (Lipinski definition) is 2. The number of aliphatic hydroxyl groups is 1. The van der Waals surface area contributed by atoms with Crippen LogP contribution in [-0.2, 0) is 13.0 Å². The van der Waals surface area contributed by atoms with Gasteiger partial charge in [-0.1, -0.05) is 66.7 Å². The van der Waals surface area contributed by atoms with Gasteiger partial charge in [0, 0.05) is 5.54 Å². The summed E-state index contributed by atoms with van der Waals surface area (Å²) < 4.78 is 6.49. The van der Waals surface area contributed by atoms with E-state index < -0.39 is 11.6 Å². The monoisotopic (exact) mass is 500 g/mol. The average molecular weight is 501 g/mol. The standard InChI is InChI=1S/C31H32N2O2.ClH/c1-21(19-32)30(28-16-13-24-8-4-5-10-27(24)29(28)18-31(2,3)33)35-26-14-11-23(12-15-26)25-9-6-7-22(17-25)20-34;/h4-17,21,30,34H,18,20,33H2,1-3H3;1H. The SMILES string of the molecule is CC(C#N)C(Oc1ccc(-c2cccc(CO)c2)cc1)c1ccc2ccccc2c1CC(C)(C)N.Cl. The number of nitrogens with zero attached hydrogens (tertiary/aromatic N) is 1. The molecule has 0 saturated heterocycles. The van der Waals surface area contributed by atoms with E-state index in [-0.39, 0.29) is 24.9 Å². The Bertz CT molecular complexity index is 1350. The molecule has 0 spiro atoms. The number of benzene rings is 4. The summed E-state index contributed by atoms with van der Waals surface area (Å²) in [5.41, 5.74) is 11.1. The van der Waals surface area contributed by atoms with Gasteiger partial charge in [-0.25, -0.2) is 0 Å². The Balaban J connectivity index is 0.00000361. The fourth-order valence-electron chi connectivity index (χ4n) is 4.50. The van der Waals surface area contributed by atoms with Gasteiger partial charge in [-0.2, -0.15) is 5.26 Å². The van der Waals surface area contributed by atoms with E-state index >= 15 is 0 Å². The molecule has 0 aliphatic carbocycles. The van der Waals surface area contributed by atoms with E-state index in [1.165, 1.54) is 0 Å². The lowest BCUT2D eigenvalue weighted by atomic mass is 9.84. The van der Waals surface area contributed by atoms with Gasteiger partial charge >= 0.3 is 0 Å². The third kappa shape index (κ3) is 6.25. The number of nitrogens with two attached hydrogens (primary N) is 1. The van der Waals surface area contributed by atoms with Crippen molar-refractivity contribution in [2.75, 3.05) is 0 Å². The number of fused-ring (bicyclic) bond motifs is 1. The van der Waals surface area contributed by atoms with Gasteiger partial charge in [-0.3, -0.25) is 0 Å². The number of halogens is 1. The van der Waals surface area contributed by atoms with Crippen LogP contribution < -0.4 is 10.5 Å². The van der Waals surface area contributed by atoms with Gasteiger partial charge in [0.25, 0.3) is 0 Å². The number of aliphatic hydroxyl groups excluding tert-OH is 1. The Hall–Kier alpha value is -3.36. The molecule has 5 heteroatoms. The van der Waals surface area contributed by atoms with Gasteiger partial charge in [0.15, 0.2) is 0 Å². The fourth-order valence-corrected chi connectivity index (χ4v) is 4.50. The minimum Gasteiger partial charge on any atom is -0.484 e. The molecule has 0 heterocycles. The second-order valence-corrected chi connectivity index (χ2v) is 9.86. The van der Waals surface area contributed by atoms with Gasteiger partial charge in [-0.05, 0) is 84.0 Å². The first-order chi connectivity index (χ1) is 16.8. The quantitative estimate of drug-likeness (QED) is 0.273. The van der Waals surface area contributed by atoms with Crippen LogP contribution in [0.3, 0.4) is 0 Å². The van der Waals surface area contributed by atoms with E-state index in [2.05, 4.69) is 30.3 Å². The van der Waals surface area contributed by atoms with Crippen LogP contribution >= 0.6 is 12.4 Å². The topological polar surface area (TPSA) is 79.3 Å². The molecule has 36 heavy (non-hydrogen) atoms. The predicted molar refractivity (Wildman–Crippen MR) is 149 cm³/mol. The third-order valence-electron chi connectivity index (χ3n) is 6.23. The Labute approximate surface area is 219 Å². The van der Waals surface area contributed by atoms with Crippen molar-refractivity contribution in [3.63, 3.8) is 0 Å². The summed E-state index contributed by atoms with van der Waals surface area (Å²) in [5, 5.41) is 21.6. The molecule has 0 radical (unpaired) electrons. The van der Waals surface area contributed by atoms with Gasteiger partial charge in [-0.15, -0.1) is 12.4 Å². The highest BCUT2D eigenvalue weighted by molar-refractivity contribution is 5.87. The molecular formula is C31H33ClN2O2. The van der Waals surface area contributed by atoms with Crippen LogP contribution in [0, 0.1) is 17.2 Å². The van der Waals surface area contributed by atoms with Crippen molar-refractivity contribution in [1.29, 1.82) is 5.26 Å². The van der Waals surface area contributed by atoms with Crippen LogP contribution in [0.1, 0.15) is 43.6 Å². The Morgan fingerprint density at radius 1 is 0.944 bits per heavy atom. The highest BCUT2D eigenvalue weighted by atomic mass is 35.5. The molecule has 0 fully saturated rings. The van der Waals surface area contributed by atoms with Crippen LogP contribution in [-0.4, -0.2) is 10.6 Å². The average Bonchev–Trinajstić information content (AvgIpc) is 2.87. The lowest BCUT2D eigenvalue weighted by Gasteiger charge is -2.28. The Kier molecular flexibility index (Phi) is 8.76. The van der Waals surface area contributed by atoms with Crippen LogP contribution in [0.15, 0.2) is 84.9 Å². The highest BCUT2D eigenvalue weighted by Gasteiger charge is 2.27. The van der Waals surface area contributed by atoms with Crippen LogP contribution in [0.4, 0.5) is 0 Å². The van der Waals surface area contributed by atoms with Crippen LogP contribution in [0.25, 0.3) is 21.9 Å². The van der Waals surface area contributed by atoms with Gasteiger partial charge in [0.2, 0.25) is 0 Å². The molecule has 0 aliphatic rings. The molecule has 0 amide bonds. The predicted octanol–water partition coefficient (Wildman–Crippen LogP) is 6.98. The Morgan fingerprint density at radius 2 is 1.67 bits per heavy atom. The van der Waals surface area contributed by atoms with E-state index in [0.717, 1.165) is 38.6 Å². The molecule has 4 aromatic rings. The highest BCUT2D eigenvalue weighted by Crippen LogP contribution is 2.36. The third-order valence-corrected chi connectivity index (χ3v) is 6.23. The van der Waals surface area contributed by atoms with E-state index in [4.69, 9.17) is 10.5 Å². The summed E-state index contributed by atoms with van der Waals surface area (Å²) in [4.78, 5) is 0. The van der Waals surface area contributed by atoms with Crippen molar-refractivity contribution in [2.24, 2.45) is 11.7 Å². The molecule has 2 atom stereocenters. The first-order valence-corrected chi connectivity index (χ1v) is 11.9. The number of ether oxygens (including phenoxy) is 1. The minimum absolute atomic E-state index is 0. The lowest BCUT2D eigenvalue weighted by molar-refractivity contribution is 0.169. The van der Waals surface area contributed by atoms with E-state index in [1.54, 1.807) is 0 Å². The summed E-state index contributed by atoms with van der Waals surface area (Å²) in [6.45, 7) is 5.95. The van der Waals surface area contributed by atoms with Crippen molar-refractivity contribution >= 4 is 23.2 Å². The zero-order chi connectivity index (χ0) is 25.0. The van der Waals surface area contributed by atoms with E-state index in [0.29, 0.717) is 12.2 Å². The number of rotatable bonds is 8. The molecule has 4 rings (SSSR count). The smallest absolute Gasteiger partial charge is 0.139 e. The first-order valence-electron chi connectivity index (χ1n) is 11.9. The van der Waals surface area contributed by atoms with Crippen molar-refractivity contribution in [3.8, 4) is 22.9 Å². The van der Waals surface area contributed by atoms with Gasteiger partial charge in [0.05, 0.1) is 18.6 Å². The van der Waals surface area contributed by atoms with Crippen molar-refractivity contribution in [1.82, 2.24) is 0 Å². The molecule has 0 bridgehead atoms. The van der Waals surface area contributed by atoms with Crippen LogP contribution in [0.5, 0.6) is 5.75 Å². The zero-order valence-corrected chi connectivity index (χ0v) is 21.8. The second-order valence-electron chi connectivity index (χ2n) is 9.86. The minimum atomic E-state index is -0.439. The van der Waals surface area contributed by atoms with Crippen LogP contribution in [0.2, 0.25) is 0 Å². The molecule has 2 unspecified atom stereocenters. The number of nitriles is 1. The molecule has 0 aliphatic heterocycles. The summed E-state index contributed by atoms with van der Waals surface area (Å²) in [5.74, 6) is 0.335. The first kappa shape index (κ1) is 27.2. The molecule has 4 aromatic carbocycles. The van der Waals surface area contributed by atoms with Crippen molar-refractivity contribution < 1.29 is 9.84 Å². The summed E-state index contributed by atoms with van der Waals surface area (Å²) in [6, 6.07) is 30.6. The Morgan fingerprint density at radius 3 is 2.33 bits per heavy atom. The van der Waals surface area contributed by atoms with E-state index in [9.17, 15) is 10.4 Å². The largest absolute Gasteiger partial charge is 0.484 e. The van der Waals surface area contributed by atoms with Gasteiger partial charge in [0.1, 0.15) is 11.9 Å². The van der Waals surface area contributed by atoms with Crippen molar-refractivity contribution in [2.45, 2.75) is 45.4 Å². The lowest BCUT2D eigenvalue weighted by Crippen LogP contribution is -2.35. The zero-order valence-electron chi connectivity index (χ0n) is 20.9. The van der Waals surface area contributed by atoms with Gasteiger partial charge < -0.3 is 15.6 Å². The number of hydrogen-bond acceptors (Lipinski definition) is 4. The normalized spacial score (nSPS) is 12.9. The maximum atomic E-state index is 9.85. The summed E-state index contributed by atoms with van der Waals surface area (Å²) in [7, 11) is 0.